The van der Waals surface area contributed by atoms with E-state index in [0.29, 0.717) is 5.56 Å². The Morgan fingerprint density at radius 3 is 1.67 bits per heavy atom. The van der Waals surface area contributed by atoms with Gasteiger partial charge in [0.2, 0.25) is 5.88 Å². The number of nitrogens with one attached hydrogen (secondary N) is 2. The highest BCUT2D eigenvalue weighted by Gasteiger charge is 2.22. The number of benzene rings is 2. The van der Waals surface area contributed by atoms with Gasteiger partial charge in [0.1, 0.15) is 10.3 Å². The van der Waals surface area contributed by atoms with Crippen LogP contribution >= 0.6 is 23.2 Å². The van der Waals surface area contributed by atoms with E-state index in [-0.39, 0.29) is 40.5 Å². The lowest BCUT2D eigenvalue weighted by Crippen LogP contribution is -2.30. The number of halogens is 2. The number of aryl methyl sites for hydroxylation is 2. The fraction of sp³-hybridized carbons (Fsp3) is 0.212. The molecule has 4 rings (SSSR count). The molecule has 2 heterocycles. The van der Waals surface area contributed by atoms with Crippen LogP contribution in [-0.2, 0) is 9.59 Å². The van der Waals surface area contributed by atoms with Gasteiger partial charge in [-0.1, -0.05) is 71.7 Å². The maximum atomic E-state index is 12.5. The van der Waals surface area contributed by atoms with Crippen molar-refractivity contribution in [2.24, 2.45) is 0 Å². The van der Waals surface area contributed by atoms with Crippen LogP contribution in [0.25, 0.3) is 0 Å². The molecule has 2 aromatic carbocycles. The van der Waals surface area contributed by atoms with Crippen LogP contribution in [0.15, 0.2) is 79.0 Å². The molecule has 13 heteroatoms. The van der Waals surface area contributed by atoms with Gasteiger partial charge in [-0.25, -0.2) is 9.97 Å². The van der Waals surface area contributed by atoms with Crippen molar-refractivity contribution < 1.29 is 34.1 Å². The number of carbonyl (C=O) groups excluding carboxylic acids is 2. The van der Waals surface area contributed by atoms with Gasteiger partial charge in [0, 0.05) is 23.4 Å². The van der Waals surface area contributed by atoms with Crippen LogP contribution in [0.2, 0.25) is 10.3 Å². The van der Waals surface area contributed by atoms with Crippen molar-refractivity contribution in [3.05, 3.63) is 123 Å². The molecule has 2 aromatic heterocycles. The van der Waals surface area contributed by atoms with E-state index in [1.54, 1.807) is 12.1 Å². The zero-order valence-corrected chi connectivity index (χ0v) is 26.7. The molecule has 46 heavy (non-hydrogen) atoms. The first-order valence-electron chi connectivity index (χ1n) is 13.9. The second-order valence-electron chi connectivity index (χ2n) is 10.0. The molecular weight excluding hydrogens is 635 g/mol. The first-order chi connectivity index (χ1) is 21.9. The minimum Gasteiger partial charge on any atom is -0.481 e. The van der Waals surface area contributed by atoms with Gasteiger partial charge in [0.15, 0.2) is 0 Å². The van der Waals surface area contributed by atoms with Crippen LogP contribution in [0.5, 0.6) is 5.88 Å². The van der Waals surface area contributed by atoms with Crippen molar-refractivity contribution in [2.45, 2.75) is 38.8 Å². The first kappa shape index (κ1) is 35.5. The Balaban J connectivity index is 0.000000251. The molecule has 2 amide bonds. The molecule has 0 spiro atoms. The number of rotatable bonds is 11. The number of carbonyl (C=O) groups is 4. The minimum atomic E-state index is -1.01. The third-order valence-electron chi connectivity index (χ3n) is 6.73. The maximum Gasteiger partial charge on any atom is 0.305 e. The summed E-state index contributed by atoms with van der Waals surface area (Å²) >= 11 is 11.6. The molecule has 0 fully saturated rings. The normalized spacial score (nSPS) is 11.7. The molecule has 4 N–H and O–H groups in total. The summed E-state index contributed by atoms with van der Waals surface area (Å²) in [5.74, 6) is -2.63. The number of nitrogens with zero attached hydrogens (tertiary/aromatic N) is 2. The minimum absolute atomic E-state index is 0.116. The average Bonchev–Trinajstić information content (AvgIpc) is 3.00. The zero-order chi connectivity index (χ0) is 33.8. The molecule has 0 unspecified atom stereocenters. The number of hydrogen-bond donors (Lipinski definition) is 4. The summed E-state index contributed by atoms with van der Waals surface area (Å²) in [5, 5.41) is 24.0. The van der Waals surface area contributed by atoms with Crippen molar-refractivity contribution in [2.75, 3.05) is 7.11 Å². The van der Waals surface area contributed by atoms with E-state index in [9.17, 15) is 19.2 Å². The Bertz CT molecular complexity index is 1720. The Kier molecular flexibility index (Phi) is 13.0. The van der Waals surface area contributed by atoms with Gasteiger partial charge in [-0.15, -0.1) is 0 Å². The van der Waals surface area contributed by atoms with Crippen molar-refractivity contribution in [3.63, 3.8) is 0 Å². The maximum absolute atomic E-state index is 12.5. The fourth-order valence-electron chi connectivity index (χ4n) is 4.52. The molecule has 0 aliphatic carbocycles. The molecule has 240 valence electrons. The van der Waals surface area contributed by atoms with Gasteiger partial charge >= 0.3 is 11.9 Å². The molecule has 0 radical (unpaired) electrons. The second kappa shape index (κ2) is 16.9. The van der Waals surface area contributed by atoms with E-state index in [2.05, 4.69) is 20.6 Å². The average molecular weight is 668 g/mol. The molecule has 11 nitrogen and oxygen atoms in total. The molecule has 4 aromatic rings. The Hall–Kier alpha value is -5.00. The first-order valence-corrected chi connectivity index (χ1v) is 14.6. The van der Waals surface area contributed by atoms with Crippen molar-refractivity contribution >= 4 is 47.0 Å². The number of pyridine rings is 2. The number of carboxylic acids is 2. The summed E-state index contributed by atoms with van der Waals surface area (Å²) < 4.78 is 4.99. The number of carboxylic acid groups (broad SMARTS) is 2. The number of hydrogen-bond acceptors (Lipinski definition) is 7. The molecular formula is C33H32Cl2N4O7. The predicted octanol–water partition coefficient (Wildman–Crippen LogP) is 5.99. The van der Waals surface area contributed by atoms with Gasteiger partial charge in [0.25, 0.3) is 11.8 Å². The number of ether oxygens (including phenoxy) is 1. The van der Waals surface area contributed by atoms with Gasteiger partial charge in [-0.05, 0) is 54.3 Å². The molecule has 0 saturated carbocycles. The highest BCUT2D eigenvalue weighted by atomic mass is 35.5. The van der Waals surface area contributed by atoms with E-state index in [1.165, 1.54) is 37.6 Å². The molecule has 2 atom stereocenters. The lowest BCUT2D eigenvalue weighted by Gasteiger charge is -2.19. The predicted molar refractivity (Wildman–Crippen MR) is 172 cm³/mol. The lowest BCUT2D eigenvalue weighted by molar-refractivity contribution is -0.138. The molecule has 0 bridgehead atoms. The third-order valence-corrected chi connectivity index (χ3v) is 7.13. The third kappa shape index (κ3) is 10.6. The zero-order valence-electron chi connectivity index (χ0n) is 25.2. The van der Waals surface area contributed by atoms with Crippen LogP contribution < -0.4 is 15.4 Å². The van der Waals surface area contributed by atoms with Gasteiger partial charge < -0.3 is 25.6 Å². The number of aromatic nitrogens is 2. The smallest absolute Gasteiger partial charge is 0.305 e. The SMILES string of the molecule is COc1cc(C(=O)N[C@@H](CC(=O)O)c2ccccc2C)cc(Cl)n1.Cc1ccccc1[C@H](CC(=O)O)NC(=O)c1ccnc(Cl)c1. The van der Waals surface area contributed by atoms with E-state index >= 15 is 0 Å². The lowest BCUT2D eigenvalue weighted by atomic mass is 9.98. The summed E-state index contributed by atoms with van der Waals surface area (Å²) in [6.45, 7) is 3.74. The highest BCUT2D eigenvalue weighted by Crippen LogP contribution is 2.24. The van der Waals surface area contributed by atoms with Crippen LogP contribution in [0.3, 0.4) is 0 Å². The van der Waals surface area contributed by atoms with E-state index in [4.69, 9.17) is 38.2 Å². The Morgan fingerprint density at radius 1 is 0.739 bits per heavy atom. The van der Waals surface area contributed by atoms with Crippen LogP contribution in [0.1, 0.15) is 67.9 Å². The summed E-state index contributed by atoms with van der Waals surface area (Å²) in [5.41, 5.74) is 3.93. The van der Waals surface area contributed by atoms with Gasteiger partial charge in [0.05, 0.1) is 32.0 Å². The second-order valence-corrected chi connectivity index (χ2v) is 10.8. The monoisotopic (exact) mass is 666 g/mol. The number of methoxy groups -OCH3 is 1. The van der Waals surface area contributed by atoms with E-state index in [0.717, 1.165) is 22.3 Å². The van der Waals surface area contributed by atoms with E-state index in [1.807, 2.05) is 50.2 Å². The molecule has 0 aliphatic heterocycles. The van der Waals surface area contributed by atoms with Crippen LogP contribution in [-0.4, -0.2) is 51.0 Å². The van der Waals surface area contributed by atoms with Crippen LogP contribution in [0.4, 0.5) is 0 Å². The quantitative estimate of drug-likeness (QED) is 0.141. The van der Waals surface area contributed by atoms with Crippen molar-refractivity contribution in [1.29, 1.82) is 0 Å². The van der Waals surface area contributed by atoms with Gasteiger partial charge in [-0.3, -0.25) is 19.2 Å². The van der Waals surface area contributed by atoms with Crippen LogP contribution in [0, 0.1) is 13.8 Å². The molecule has 0 saturated heterocycles. The largest absolute Gasteiger partial charge is 0.481 e. The Labute approximate surface area is 275 Å². The van der Waals surface area contributed by atoms with Crippen molar-refractivity contribution in [1.82, 2.24) is 20.6 Å². The number of aliphatic carboxylic acids is 2. The van der Waals surface area contributed by atoms with Gasteiger partial charge in [-0.2, -0.15) is 0 Å². The van der Waals surface area contributed by atoms with Crippen molar-refractivity contribution in [3.8, 4) is 5.88 Å². The summed E-state index contributed by atoms with van der Waals surface area (Å²) in [6, 6.07) is 19.2. The fourth-order valence-corrected chi connectivity index (χ4v) is 4.89. The molecule has 0 aliphatic rings. The Morgan fingerprint density at radius 2 is 1.22 bits per heavy atom. The number of amides is 2. The van der Waals surface area contributed by atoms with E-state index < -0.39 is 29.9 Å². The summed E-state index contributed by atoms with van der Waals surface area (Å²) in [4.78, 5) is 54.7. The highest BCUT2D eigenvalue weighted by molar-refractivity contribution is 6.30. The summed E-state index contributed by atoms with van der Waals surface area (Å²) in [6.07, 6.45) is 0.999. The summed E-state index contributed by atoms with van der Waals surface area (Å²) in [7, 11) is 1.42. The topological polar surface area (TPSA) is 168 Å². The standard InChI is InChI=1S/C17H17ClN2O4.C16H15ClN2O3/c1-10-5-3-4-6-12(10)13(9-16(21)22)19-17(23)11-7-14(18)20-15(8-11)24-2;1-10-4-2-3-5-12(10)13(9-15(20)21)19-16(22)11-6-7-18-14(17)8-11/h3-8,13H,9H2,1-2H3,(H,19,23)(H,21,22);2-8,13H,9H2,1H3,(H,19,22)(H,20,21)/t2*13-/m00/s1.